The lowest BCUT2D eigenvalue weighted by Gasteiger charge is -2.38. The van der Waals surface area contributed by atoms with E-state index < -0.39 is 0 Å². The molecule has 0 aromatic rings. The van der Waals surface area contributed by atoms with E-state index in [0.29, 0.717) is 11.8 Å². The fourth-order valence-corrected chi connectivity index (χ4v) is 3.19. The first-order chi connectivity index (χ1) is 7.54. The highest BCUT2D eigenvalue weighted by Gasteiger charge is 2.45. The molecule has 1 saturated heterocycles. The zero-order valence-corrected chi connectivity index (χ0v) is 10.5. The predicted molar refractivity (Wildman–Crippen MR) is 64.9 cm³/mol. The molecule has 3 heteroatoms. The first-order valence-corrected chi connectivity index (χ1v) is 6.59. The topological polar surface area (TPSA) is 46.3 Å². The van der Waals surface area contributed by atoms with Gasteiger partial charge in [0.15, 0.2) is 0 Å². The highest BCUT2D eigenvalue weighted by atomic mass is 16.2. The molecule has 3 unspecified atom stereocenters. The van der Waals surface area contributed by atoms with Gasteiger partial charge in [0.05, 0.1) is 5.41 Å². The number of nitrogens with two attached hydrogens (primary N) is 1. The van der Waals surface area contributed by atoms with Gasteiger partial charge in [0.2, 0.25) is 5.91 Å². The highest BCUT2D eigenvalue weighted by Crippen LogP contribution is 2.39. The van der Waals surface area contributed by atoms with Crippen LogP contribution in [0.15, 0.2) is 0 Å². The summed E-state index contributed by atoms with van der Waals surface area (Å²) in [4.78, 5) is 14.6. The molecule has 2 N–H and O–H groups in total. The summed E-state index contributed by atoms with van der Waals surface area (Å²) in [5.74, 6) is 0.961. The largest absolute Gasteiger partial charge is 0.342 e. The molecule has 3 atom stereocenters. The van der Waals surface area contributed by atoms with Crippen LogP contribution in [-0.2, 0) is 4.79 Å². The van der Waals surface area contributed by atoms with Crippen molar-refractivity contribution >= 4 is 5.91 Å². The molecular formula is C13H24N2O. The molecule has 0 spiro atoms. The van der Waals surface area contributed by atoms with Crippen molar-refractivity contribution in [2.24, 2.45) is 17.1 Å². The van der Waals surface area contributed by atoms with Crippen molar-refractivity contribution in [2.75, 3.05) is 13.1 Å². The molecule has 2 rings (SSSR count). The van der Waals surface area contributed by atoms with Crippen LogP contribution in [0.1, 0.15) is 46.0 Å². The van der Waals surface area contributed by atoms with Crippen molar-refractivity contribution in [3.8, 4) is 0 Å². The summed E-state index contributed by atoms with van der Waals surface area (Å²) in [6, 6.07) is 0.0669. The summed E-state index contributed by atoms with van der Waals surface area (Å²) in [5.41, 5.74) is 5.83. The smallest absolute Gasteiger partial charge is 0.230 e. The van der Waals surface area contributed by atoms with E-state index in [2.05, 4.69) is 18.7 Å². The summed E-state index contributed by atoms with van der Waals surface area (Å²) < 4.78 is 0. The van der Waals surface area contributed by atoms with Gasteiger partial charge in [-0.05, 0) is 38.5 Å². The van der Waals surface area contributed by atoms with E-state index in [-0.39, 0.29) is 11.5 Å². The van der Waals surface area contributed by atoms with E-state index in [1.54, 1.807) is 0 Å². The second-order valence-corrected chi connectivity index (χ2v) is 5.91. The fraction of sp³-hybridized carbons (Fsp3) is 0.923. The third-order valence-electron chi connectivity index (χ3n) is 4.46. The lowest BCUT2D eigenvalue weighted by Crippen LogP contribution is -2.51. The molecule has 0 aromatic heterocycles. The van der Waals surface area contributed by atoms with Gasteiger partial charge in [-0.15, -0.1) is 0 Å². The Morgan fingerprint density at radius 2 is 2.12 bits per heavy atom. The van der Waals surface area contributed by atoms with Gasteiger partial charge in [-0.25, -0.2) is 0 Å². The number of amides is 1. The van der Waals surface area contributed by atoms with Crippen LogP contribution in [-0.4, -0.2) is 29.9 Å². The maximum atomic E-state index is 12.5. The van der Waals surface area contributed by atoms with Gasteiger partial charge >= 0.3 is 0 Å². The van der Waals surface area contributed by atoms with E-state index in [9.17, 15) is 4.79 Å². The Kier molecular flexibility index (Phi) is 3.24. The molecule has 2 fully saturated rings. The lowest BCUT2D eigenvalue weighted by molar-refractivity contribution is -0.143. The van der Waals surface area contributed by atoms with Gasteiger partial charge in [-0.2, -0.15) is 0 Å². The number of hydrogen-bond acceptors (Lipinski definition) is 2. The Morgan fingerprint density at radius 1 is 1.38 bits per heavy atom. The number of carbonyl (C=O) groups is 1. The second kappa shape index (κ2) is 4.36. The van der Waals surface area contributed by atoms with E-state index in [1.165, 1.54) is 6.42 Å². The molecule has 1 amide bonds. The Hall–Kier alpha value is -0.570. The first kappa shape index (κ1) is 11.9. The molecule has 1 aliphatic heterocycles. The molecule has 2 aliphatic rings. The van der Waals surface area contributed by atoms with Crippen LogP contribution in [0.4, 0.5) is 0 Å². The van der Waals surface area contributed by atoms with Crippen LogP contribution in [0.25, 0.3) is 0 Å². The second-order valence-electron chi connectivity index (χ2n) is 5.91. The monoisotopic (exact) mass is 224 g/mol. The Bertz CT molecular complexity index is 279. The standard InChI is InChI=1S/C13H24N2O/c1-10-5-4-8-15(9-10)12(16)13(2)7-3-6-11(13)14/h10-11H,3-9,14H2,1-2H3. The van der Waals surface area contributed by atoms with Crippen LogP contribution in [0.2, 0.25) is 0 Å². The van der Waals surface area contributed by atoms with Crippen molar-refractivity contribution in [1.82, 2.24) is 4.90 Å². The van der Waals surface area contributed by atoms with Crippen LogP contribution >= 0.6 is 0 Å². The van der Waals surface area contributed by atoms with Crippen molar-refractivity contribution in [1.29, 1.82) is 0 Å². The van der Waals surface area contributed by atoms with E-state index in [1.807, 2.05) is 0 Å². The average Bonchev–Trinajstić information content (AvgIpc) is 2.59. The minimum Gasteiger partial charge on any atom is -0.342 e. The van der Waals surface area contributed by atoms with Crippen LogP contribution in [0.3, 0.4) is 0 Å². The minimum atomic E-state index is -0.281. The summed E-state index contributed by atoms with van der Waals surface area (Å²) in [7, 11) is 0. The molecule has 16 heavy (non-hydrogen) atoms. The first-order valence-electron chi connectivity index (χ1n) is 6.59. The summed E-state index contributed by atoms with van der Waals surface area (Å²) in [6.45, 7) is 6.16. The van der Waals surface area contributed by atoms with Crippen molar-refractivity contribution < 1.29 is 4.79 Å². The van der Waals surface area contributed by atoms with Crippen LogP contribution < -0.4 is 5.73 Å². The lowest BCUT2D eigenvalue weighted by atomic mass is 9.82. The van der Waals surface area contributed by atoms with E-state index in [4.69, 9.17) is 5.73 Å². The quantitative estimate of drug-likeness (QED) is 0.737. The van der Waals surface area contributed by atoms with Gasteiger partial charge in [0.25, 0.3) is 0 Å². The third kappa shape index (κ3) is 1.97. The zero-order chi connectivity index (χ0) is 11.8. The van der Waals surface area contributed by atoms with E-state index in [0.717, 1.165) is 38.8 Å². The van der Waals surface area contributed by atoms with Crippen molar-refractivity contribution in [3.05, 3.63) is 0 Å². The predicted octanol–water partition coefficient (Wildman–Crippen LogP) is 1.76. The number of piperidine rings is 1. The maximum Gasteiger partial charge on any atom is 0.230 e. The number of likely N-dealkylation sites (tertiary alicyclic amines) is 1. The molecule has 0 radical (unpaired) electrons. The van der Waals surface area contributed by atoms with Crippen LogP contribution in [0.5, 0.6) is 0 Å². The molecule has 1 aliphatic carbocycles. The normalized spacial score (nSPS) is 40.1. The highest BCUT2D eigenvalue weighted by molar-refractivity contribution is 5.83. The molecule has 3 nitrogen and oxygen atoms in total. The van der Waals surface area contributed by atoms with Crippen molar-refractivity contribution in [2.45, 2.75) is 52.0 Å². The fourth-order valence-electron chi connectivity index (χ4n) is 3.19. The average molecular weight is 224 g/mol. The SMILES string of the molecule is CC1CCCN(C(=O)C2(C)CCCC2N)C1. The Balaban J connectivity index is 2.06. The van der Waals surface area contributed by atoms with Crippen LogP contribution in [0, 0.1) is 11.3 Å². The Labute approximate surface area is 98.4 Å². The molecular weight excluding hydrogens is 200 g/mol. The molecule has 0 bridgehead atoms. The van der Waals surface area contributed by atoms with Gasteiger partial charge in [-0.1, -0.05) is 13.3 Å². The number of carbonyl (C=O) groups excluding carboxylic acids is 1. The molecule has 92 valence electrons. The number of nitrogens with zero attached hydrogens (tertiary/aromatic N) is 1. The molecule has 1 saturated carbocycles. The van der Waals surface area contributed by atoms with Gasteiger partial charge in [0.1, 0.15) is 0 Å². The summed E-state index contributed by atoms with van der Waals surface area (Å²) >= 11 is 0. The number of rotatable bonds is 1. The third-order valence-corrected chi connectivity index (χ3v) is 4.46. The zero-order valence-electron chi connectivity index (χ0n) is 10.5. The summed E-state index contributed by atoms with van der Waals surface area (Å²) in [6.07, 6.45) is 5.49. The molecule has 0 aromatic carbocycles. The van der Waals surface area contributed by atoms with E-state index >= 15 is 0 Å². The van der Waals surface area contributed by atoms with Gasteiger partial charge in [-0.3, -0.25) is 4.79 Å². The number of hydrogen-bond donors (Lipinski definition) is 1. The van der Waals surface area contributed by atoms with Crippen molar-refractivity contribution in [3.63, 3.8) is 0 Å². The maximum absolute atomic E-state index is 12.5. The molecule has 1 heterocycles. The van der Waals surface area contributed by atoms with Gasteiger partial charge in [0, 0.05) is 19.1 Å². The minimum absolute atomic E-state index is 0.0669. The Morgan fingerprint density at radius 3 is 2.69 bits per heavy atom. The van der Waals surface area contributed by atoms with Gasteiger partial charge < -0.3 is 10.6 Å². The summed E-state index contributed by atoms with van der Waals surface area (Å²) in [5, 5.41) is 0.